The van der Waals surface area contributed by atoms with Crippen LogP contribution in [0.5, 0.6) is 0 Å². The fourth-order valence-electron chi connectivity index (χ4n) is 2.10. The van der Waals surface area contributed by atoms with Crippen molar-refractivity contribution in [2.45, 2.75) is 25.5 Å². The molecule has 0 aliphatic heterocycles. The molecule has 20 heavy (non-hydrogen) atoms. The molecular weight excluding hydrogens is 291 g/mol. The van der Waals surface area contributed by atoms with Crippen LogP contribution in [0, 0.1) is 0 Å². The summed E-state index contributed by atoms with van der Waals surface area (Å²) in [4.78, 5) is 4.56. The predicted octanol–water partition coefficient (Wildman–Crippen LogP) is 4.70. The fraction of sp³-hybridized carbons (Fsp3) is 0.400. The molecule has 3 nitrogen and oxygen atoms in total. The molecule has 2 aromatic rings. The second-order valence-corrected chi connectivity index (χ2v) is 9.70. The molecule has 0 amide bonds. The van der Waals surface area contributed by atoms with Crippen LogP contribution in [0.2, 0.25) is 5.02 Å². The van der Waals surface area contributed by atoms with Crippen LogP contribution < -0.4 is 5.32 Å². The average molecular weight is 311 g/mol. The van der Waals surface area contributed by atoms with Gasteiger partial charge in [0.15, 0.2) is 0 Å². The molecule has 0 aliphatic rings. The summed E-state index contributed by atoms with van der Waals surface area (Å²) < 4.78 is 12.1. The molecule has 0 bridgehead atoms. The van der Waals surface area contributed by atoms with Gasteiger partial charge in [-0.05, 0) is 32.4 Å². The van der Waals surface area contributed by atoms with Crippen LogP contribution in [-0.4, -0.2) is 30.0 Å². The van der Waals surface area contributed by atoms with Crippen LogP contribution in [0.3, 0.4) is 0 Å². The van der Waals surface area contributed by atoms with Crippen molar-refractivity contribution < 1.29 is 4.57 Å². The van der Waals surface area contributed by atoms with Gasteiger partial charge in [-0.2, -0.15) is 0 Å². The Morgan fingerprint density at radius 1 is 1.25 bits per heavy atom. The van der Waals surface area contributed by atoms with Crippen LogP contribution in [0.4, 0.5) is 5.82 Å². The smallest absolute Gasteiger partial charge is 0.128 e. The number of benzene rings is 1. The summed E-state index contributed by atoms with van der Waals surface area (Å²) in [6.07, 6.45) is 0. The van der Waals surface area contributed by atoms with Gasteiger partial charge in [-0.15, -0.1) is 0 Å². The molecule has 2 atom stereocenters. The first-order valence-corrected chi connectivity index (χ1v) is 9.70. The van der Waals surface area contributed by atoms with E-state index in [9.17, 15) is 4.57 Å². The molecule has 0 radical (unpaired) electrons. The molecule has 1 aromatic carbocycles. The molecule has 1 N–H and O–H groups in total. The van der Waals surface area contributed by atoms with Gasteiger partial charge in [0.05, 0.1) is 17.7 Å². The number of hydrogen-bond donors (Lipinski definition) is 1. The van der Waals surface area contributed by atoms with Crippen LogP contribution in [0.15, 0.2) is 30.3 Å². The van der Waals surface area contributed by atoms with Crippen molar-refractivity contribution in [3.05, 3.63) is 35.4 Å². The highest BCUT2D eigenvalue weighted by Crippen LogP contribution is 2.44. The minimum absolute atomic E-state index is 0.0700. The third kappa shape index (κ3) is 3.34. The number of aromatic nitrogens is 1. The number of pyridine rings is 1. The molecule has 0 saturated carbocycles. The van der Waals surface area contributed by atoms with E-state index >= 15 is 0 Å². The Labute approximate surface area is 125 Å². The first kappa shape index (κ1) is 15.3. The Hall–Kier alpha value is -1.05. The van der Waals surface area contributed by atoms with Crippen molar-refractivity contribution in [2.75, 3.05) is 18.6 Å². The van der Waals surface area contributed by atoms with Gasteiger partial charge in [-0.25, -0.2) is 4.98 Å². The normalized spacial score (nSPS) is 15.1. The summed E-state index contributed by atoms with van der Waals surface area (Å²) in [5, 5.41) is 4.93. The van der Waals surface area contributed by atoms with Gasteiger partial charge in [0.2, 0.25) is 0 Å². The highest BCUT2D eigenvalue weighted by molar-refractivity contribution is 7.63. The van der Waals surface area contributed by atoms with Gasteiger partial charge < -0.3 is 9.88 Å². The van der Waals surface area contributed by atoms with Crippen LogP contribution in [-0.2, 0) is 4.57 Å². The van der Waals surface area contributed by atoms with E-state index in [1.807, 2.05) is 57.5 Å². The number of halogens is 1. The summed E-state index contributed by atoms with van der Waals surface area (Å²) in [7, 11) is -2.13. The Morgan fingerprint density at radius 3 is 2.55 bits per heavy atom. The zero-order chi connectivity index (χ0) is 14.9. The lowest BCUT2D eigenvalue weighted by Crippen LogP contribution is -2.28. The van der Waals surface area contributed by atoms with Crippen molar-refractivity contribution in [3.63, 3.8) is 0 Å². The van der Waals surface area contributed by atoms with Crippen molar-refractivity contribution in [1.82, 2.24) is 4.98 Å². The fourth-order valence-corrected chi connectivity index (χ4v) is 3.51. The summed E-state index contributed by atoms with van der Waals surface area (Å²) in [6.45, 7) is 7.66. The number of nitrogens with one attached hydrogen (secondary N) is 1. The second-order valence-electron chi connectivity index (χ2n) is 5.61. The van der Waals surface area contributed by atoms with E-state index in [1.165, 1.54) is 0 Å². The zero-order valence-corrected chi connectivity index (χ0v) is 13.9. The highest BCUT2D eigenvalue weighted by atomic mass is 35.5. The summed E-state index contributed by atoms with van der Waals surface area (Å²) in [5.74, 6) is 0.724. The van der Waals surface area contributed by atoms with Crippen molar-refractivity contribution in [1.29, 1.82) is 0 Å². The molecule has 0 fully saturated rings. The van der Waals surface area contributed by atoms with Gasteiger partial charge in [0.25, 0.3) is 0 Å². The van der Waals surface area contributed by atoms with Gasteiger partial charge in [-0.3, -0.25) is 0 Å². The van der Waals surface area contributed by atoms with Gasteiger partial charge in [0.1, 0.15) is 5.82 Å². The third-order valence-corrected chi connectivity index (χ3v) is 6.47. The van der Waals surface area contributed by atoms with Crippen LogP contribution >= 0.6 is 18.7 Å². The van der Waals surface area contributed by atoms with Crippen LogP contribution in [0.25, 0.3) is 10.9 Å². The molecule has 0 saturated heterocycles. The molecule has 1 aromatic heterocycles. The first-order valence-electron chi connectivity index (χ1n) is 6.65. The monoisotopic (exact) mass is 310 g/mol. The third-order valence-electron chi connectivity index (χ3n) is 3.75. The maximum absolute atomic E-state index is 12.1. The van der Waals surface area contributed by atoms with Gasteiger partial charge in [0, 0.05) is 17.1 Å². The Morgan fingerprint density at radius 2 is 1.90 bits per heavy atom. The van der Waals surface area contributed by atoms with E-state index in [2.05, 4.69) is 10.3 Å². The molecular formula is C15H20ClN2OP. The summed E-state index contributed by atoms with van der Waals surface area (Å²) in [6, 6.07) is 9.66. The lowest BCUT2D eigenvalue weighted by atomic mass is 10.2. The van der Waals surface area contributed by atoms with E-state index < -0.39 is 7.14 Å². The largest absolute Gasteiger partial charge is 0.367 e. The first-order chi connectivity index (χ1) is 9.29. The van der Waals surface area contributed by atoms with Gasteiger partial charge in [-0.1, -0.05) is 36.7 Å². The topological polar surface area (TPSA) is 42.0 Å². The standard InChI is InChI=1S/C15H20ClN2OP/c1-10(11(2)20(3,4)19)17-15-9-13(16)12-7-5-6-8-14(12)18-15/h5-11H,1-4H3,(H,17,18)/t10-,11?/m0/s1. The number of fused-ring (bicyclic) bond motifs is 1. The quantitative estimate of drug-likeness (QED) is 0.832. The number of para-hydroxylation sites is 1. The number of anilines is 1. The predicted molar refractivity (Wildman–Crippen MR) is 88.8 cm³/mol. The average Bonchev–Trinajstić information content (AvgIpc) is 2.36. The second kappa shape index (κ2) is 5.75. The van der Waals surface area contributed by atoms with E-state index in [0.717, 1.165) is 16.7 Å². The number of nitrogens with zero attached hydrogens (tertiary/aromatic N) is 1. The molecule has 0 aliphatic carbocycles. The van der Waals surface area contributed by atoms with Crippen molar-refractivity contribution in [3.8, 4) is 0 Å². The summed E-state index contributed by atoms with van der Waals surface area (Å²) in [5.41, 5.74) is 0.938. The van der Waals surface area contributed by atoms with Crippen molar-refractivity contribution in [2.24, 2.45) is 0 Å². The molecule has 1 unspecified atom stereocenters. The molecule has 5 heteroatoms. The van der Waals surface area contributed by atoms with E-state index in [0.29, 0.717) is 5.02 Å². The lowest BCUT2D eigenvalue weighted by Gasteiger charge is -2.25. The Bertz CT molecular complexity index is 668. The minimum atomic E-state index is -2.13. The molecule has 108 valence electrons. The van der Waals surface area contributed by atoms with Gasteiger partial charge >= 0.3 is 0 Å². The van der Waals surface area contributed by atoms with E-state index in [1.54, 1.807) is 0 Å². The Kier molecular flexibility index (Phi) is 4.41. The minimum Gasteiger partial charge on any atom is -0.367 e. The SMILES string of the molecule is CC([C@H](C)Nc1cc(Cl)c2ccccc2n1)P(C)(C)=O. The molecule has 2 rings (SSSR count). The van der Waals surface area contributed by atoms with E-state index in [4.69, 9.17) is 11.6 Å². The van der Waals surface area contributed by atoms with E-state index in [-0.39, 0.29) is 11.7 Å². The molecule has 1 heterocycles. The Balaban J connectivity index is 2.28. The van der Waals surface area contributed by atoms with Crippen LogP contribution in [0.1, 0.15) is 13.8 Å². The lowest BCUT2D eigenvalue weighted by molar-refractivity contribution is 0.567. The maximum Gasteiger partial charge on any atom is 0.128 e. The zero-order valence-electron chi connectivity index (χ0n) is 12.2. The number of rotatable bonds is 4. The maximum atomic E-state index is 12.1. The highest BCUT2D eigenvalue weighted by Gasteiger charge is 2.24. The summed E-state index contributed by atoms with van der Waals surface area (Å²) >= 11 is 6.28. The number of hydrogen-bond acceptors (Lipinski definition) is 3. The van der Waals surface area contributed by atoms with Crippen molar-refractivity contribution >= 4 is 35.5 Å². The molecule has 0 spiro atoms.